The molecule has 1 amide bonds. The van der Waals surface area contributed by atoms with E-state index in [1.165, 1.54) is 11.1 Å². The number of amides is 1. The highest BCUT2D eigenvalue weighted by molar-refractivity contribution is 5.91. The summed E-state index contributed by atoms with van der Waals surface area (Å²) in [7, 11) is 0. The second-order valence-corrected chi connectivity index (χ2v) is 8.52. The van der Waals surface area contributed by atoms with E-state index in [-0.39, 0.29) is 0 Å². The molecule has 34 heavy (non-hydrogen) atoms. The van der Waals surface area contributed by atoms with Gasteiger partial charge in [-0.15, -0.1) is 0 Å². The summed E-state index contributed by atoms with van der Waals surface area (Å²) in [4.78, 5) is 13.2. The maximum absolute atomic E-state index is 13.2. The lowest BCUT2D eigenvalue weighted by molar-refractivity contribution is -0.136. The van der Waals surface area contributed by atoms with E-state index in [2.05, 4.69) is 47.1 Å². The molecule has 0 radical (unpaired) electrons. The first kappa shape index (κ1) is 23.2. The molecule has 0 fully saturated rings. The number of rotatable bonds is 6. The van der Waals surface area contributed by atoms with Crippen LogP contribution in [0.25, 0.3) is 5.69 Å². The van der Waals surface area contributed by atoms with E-state index in [1.54, 1.807) is 54.7 Å². The number of nitrogens with one attached hydrogen (secondary N) is 1. The predicted molar refractivity (Wildman–Crippen MR) is 136 cm³/mol. The fourth-order valence-corrected chi connectivity index (χ4v) is 4.30. The van der Waals surface area contributed by atoms with E-state index in [4.69, 9.17) is 0 Å². The standard InChI is InChI=1S/C29H29N3O2/c1-20-12-11-17-27(22(20)3)32-21(2)18-24(23(32)4)19-30-31-28(33)29(34,25-13-7-5-8-14-25)26-15-9-6-10-16-26/h5-19,34H,1-4H3,(H,31,33)/b30-19+. The van der Waals surface area contributed by atoms with Crippen molar-refractivity contribution in [3.8, 4) is 5.69 Å². The molecule has 0 saturated heterocycles. The number of hydrazone groups is 1. The Bertz CT molecular complexity index is 1300. The van der Waals surface area contributed by atoms with E-state index in [9.17, 15) is 9.90 Å². The van der Waals surface area contributed by atoms with Crippen LogP contribution in [0.1, 0.15) is 39.2 Å². The van der Waals surface area contributed by atoms with Gasteiger partial charge in [-0.3, -0.25) is 4.79 Å². The number of aromatic nitrogens is 1. The Labute approximate surface area is 200 Å². The van der Waals surface area contributed by atoms with E-state index < -0.39 is 11.5 Å². The van der Waals surface area contributed by atoms with Crippen molar-refractivity contribution in [1.29, 1.82) is 0 Å². The molecule has 0 aliphatic heterocycles. The molecule has 4 rings (SSSR count). The molecule has 1 heterocycles. The van der Waals surface area contributed by atoms with E-state index in [0.29, 0.717) is 11.1 Å². The predicted octanol–water partition coefficient (Wildman–Crippen LogP) is 5.10. The van der Waals surface area contributed by atoms with Gasteiger partial charge in [-0.25, -0.2) is 5.43 Å². The van der Waals surface area contributed by atoms with E-state index >= 15 is 0 Å². The molecule has 0 atom stereocenters. The first-order chi connectivity index (χ1) is 16.3. The molecule has 1 aromatic heterocycles. The summed E-state index contributed by atoms with van der Waals surface area (Å²) in [6.07, 6.45) is 1.62. The summed E-state index contributed by atoms with van der Waals surface area (Å²) in [5.41, 5.74) is 8.20. The van der Waals surface area contributed by atoms with Crippen LogP contribution >= 0.6 is 0 Å². The van der Waals surface area contributed by atoms with Crippen molar-refractivity contribution in [1.82, 2.24) is 9.99 Å². The molecule has 5 heteroatoms. The first-order valence-electron chi connectivity index (χ1n) is 11.3. The fraction of sp³-hybridized carbons (Fsp3) is 0.172. The third-order valence-electron chi connectivity index (χ3n) is 6.37. The minimum Gasteiger partial charge on any atom is -0.372 e. The molecule has 0 aliphatic carbocycles. The van der Waals surface area contributed by atoms with Crippen LogP contribution in [-0.2, 0) is 10.4 Å². The Kier molecular flexibility index (Phi) is 6.48. The lowest BCUT2D eigenvalue weighted by atomic mass is 9.85. The molecule has 172 valence electrons. The van der Waals surface area contributed by atoms with Gasteiger partial charge in [0.2, 0.25) is 0 Å². The van der Waals surface area contributed by atoms with Gasteiger partial charge in [-0.2, -0.15) is 5.10 Å². The summed E-state index contributed by atoms with van der Waals surface area (Å²) in [6, 6.07) is 26.1. The lowest BCUT2D eigenvalue weighted by Crippen LogP contribution is -2.43. The number of carbonyl (C=O) groups excluding carboxylic acids is 1. The topological polar surface area (TPSA) is 66.6 Å². The average molecular weight is 452 g/mol. The van der Waals surface area contributed by atoms with Gasteiger partial charge >= 0.3 is 0 Å². The van der Waals surface area contributed by atoms with Crippen molar-refractivity contribution in [2.24, 2.45) is 5.10 Å². The highest BCUT2D eigenvalue weighted by Gasteiger charge is 2.39. The zero-order valence-corrected chi connectivity index (χ0v) is 19.9. The highest BCUT2D eigenvalue weighted by Crippen LogP contribution is 2.30. The Morgan fingerprint density at radius 3 is 2.06 bits per heavy atom. The molecular formula is C29H29N3O2. The molecule has 0 saturated carbocycles. The van der Waals surface area contributed by atoms with Gasteiger partial charge in [0.1, 0.15) is 0 Å². The van der Waals surface area contributed by atoms with E-state index in [0.717, 1.165) is 22.6 Å². The molecule has 4 aromatic rings. The molecule has 0 spiro atoms. The van der Waals surface area contributed by atoms with Crippen LogP contribution in [0.5, 0.6) is 0 Å². The summed E-state index contributed by atoms with van der Waals surface area (Å²) in [5.74, 6) is -0.621. The molecule has 3 aromatic carbocycles. The quantitative estimate of drug-likeness (QED) is 0.316. The molecular weight excluding hydrogens is 422 g/mol. The summed E-state index contributed by atoms with van der Waals surface area (Å²) in [6.45, 7) is 8.30. The van der Waals surface area contributed by atoms with Crippen molar-refractivity contribution in [2.45, 2.75) is 33.3 Å². The number of benzene rings is 3. The van der Waals surface area contributed by atoms with Crippen LogP contribution in [0.15, 0.2) is 90.0 Å². The van der Waals surface area contributed by atoms with Crippen molar-refractivity contribution in [3.63, 3.8) is 0 Å². The zero-order valence-electron chi connectivity index (χ0n) is 19.9. The number of aliphatic hydroxyl groups is 1. The smallest absolute Gasteiger partial charge is 0.281 e. The number of hydrogen-bond acceptors (Lipinski definition) is 3. The second-order valence-electron chi connectivity index (χ2n) is 8.52. The minimum atomic E-state index is -1.87. The Balaban J connectivity index is 1.63. The SMILES string of the molecule is Cc1cccc(-n2c(C)cc(/C=N/NC(=O)C(O)(c3ccccc3)c3ccccc3)c2C)c1C. The number of carbonyl (C=O) groups is 1. The third kappa shape index (κ3) is 4.18. The maximum Gasteiger partial charge on any atom is 0.281 e. The van der Waals surface area contributed by atoms with Gasteiger partial charge in [0, 0.05) is 22.6 Å². The van der Waals surface area contributed by atoms with Crippen molar-refractivity contribution in [2.75, 3.05) is 0 Å². The van der Waals surface area contributed by atoms with Crippen molar-refractivity contribution < 1.29 is 9.90 Å². The maximum atomic E-state index is 13.2. The van der Waals surface area contributed by atoms with Gasteiger partial charge in [-0.1, -0.05) is 72.8 Å². The number of aryl methyl sites for hydroxylation is 2. The Hall–Kier alpha value is -3.96. The zero-order chi connectivity index (χ0) is 24.3. The van der Waals surface area contributed by atoms with Gasteiger partial charge in [0.25, 0.3) is 5.91 Å². The molecule has 5 nitrogen and oxygen atoms in total. The van der Waals surface area contributed by atoms with Gasteiger partial charge in [-0.05, 0) is 62.1 Å². The fourth-order valence-electron chi connectivity index (χ4n) is 4.30. The Morgan fingerprint density at radius 1 is 0.882 bits per heavy atom. The average Bonchev–Trinajstić information content (AvgIpc) is 3.14. The van der Waals surface area contributed by atoms with Crippen LogP contribution in [-0.4, -0.2) is 21.8 Å². The Morgan fingerprint density at radius 2 is 1.47 bits per heavy atom. The van der Waals surface area contributed by atoms with Crippen LogP contribution < -0.4 is 5.43 Å². The number of hydrogen-bond donors (Lipinski definition) is 2. The van der Waals surface area contributed by atoms with Gasteiger partial charge in [0.05, 0.1) is 6.21 Å². The lowest BCUT2D eigenvalue weighted by Gasteiger charge is -2.27. The molecule has 2 N–H and O–H groups in total. The van der Waals surface area contributed by atoms with Crippen molar-refractivity contribution >= 4 is 12.1 Å². The summed E-state index contributed by atoms with van der Waals surface area (Å²) in [5, 5.41) is 15.7. The van der Waals surface area contributed by atoms with Crippen LogP contribution in [0.2, 0.25) is 0 Å². The minimum absolute atomic E-state index is 0.474. The molecule has 0 bridgehead atoms. The monoisotopic (exact) mass is 451 g/mol. The summed E-state index contributed by atoms with van der Waals surface area (Å²) >= 11 is 0. The van der Waals surface area contributed by atoms with Crippen LogP contribution in [0.4, 0.5) is 0 Å². The molecule has 0 aliphatic rings. The first-order valence-corrected chi connectivity index (χ1v) is 11.3. The third-order valence-corrected chi connectivity index (χ3v) is 6.37. The highest BCUT2D eigenvalue weighted by atomic mass is 16.3. The van der Waals surface area contributed by atoms with E-state index in [1.807, 2.05) is 32.0 Å². The molecule has 0 unspecified atom stereocenters. The second kappa shape index (κ2) is 9.49. The summed E-state index contributed by atoms with van der Waals surface area (Å²) < 4.78 is 2.19. The van der Waals surface area contributed by atoms with Gasteiger partial charge < -0.3 is 9.67 Å². The van der Waals surface area contributed by atoms with Crippen LogP contribution in [0, 0.1) is 27.7 Å². The normalized spacial score (nSPS) is 11.7. The van der Waals surface area contributed by atoms with Crippen molar-refractivity contribution in [3.05, 3.63) is 124 Å². The van der Waals surface area contributed by atoms with Crippen LogP contribution in [0.3, 0.4) is 0 Å². The number of nitrogens with zero attached hydrogens (tertiary/aromatic N) is 2. The largest absolute Gasteiger partial charge is 0.372 e. The van der Waals surface area contributed by atoms with Gasteiger partial charge in [0.15, 0.2) is 5.60 Å².